The molecule has 0 spiro atoms. The Labute approximate surface area is 209 Å². The van der Waals surface area contributed by atoms with Crippen LogP contribution < -0.4 is 5.32 Å². The predicted octanol–water partition coefficient (Wildman–Crippen LogP) is 4.72. The number of ether oxygens (including phenoxy) is 1. The van der Waals surface area contributed by atoms with Crippen LogP contribution in [0.4, 0.5) is 0 Å². The minimum Gasteiger partial charge on any atom is -0.768 e. The molecule has 4 rings (SSSR count). The highest BCUT2D eigenvalue weighted by Crippen LogP contribution is 2.40. The highest BCUT2D eigenvalue weighted by atomic mass is 32.2. The number of carbonyl (C=O) groups excluding carboxylic acids is 1. The van der Waals surface area contributed by atoms with Gasteiger partial charge in [0.1, 0.15) is 14.9 Å². The molecular weight excluding hydrogens is 470 g/mol. The lowest BCUT2D eigenvalue weighted by Crippen LogP contribution is -2.39. The average Bonchev–Trinajstić information content (AvgIpc) is 3.38. The lowest BCUT2D eigenvalue weighted by Gasteiger charge is -2.24. The van der Waals surface area contributed by atoms with E-state index in [1.165, 1.54) is 43.4 Å². The second-order valence-electron chi connectivity index (χ2n) is 10.7. The van der Waals surface area contributed by atoms with Gasteiger partial charge in [-0.3, -0.25) is 9.00 Å². The first kappa shape index (κ1) is 25.5. The maximum atomic E-state index is 13.3. The molecule has 0 aromatic carbocycles. The van der Waals surface area contributed by atoms with Crippen LogP contribution >= 0.6 is 11.3 Å². The van der Waals surface area contributed by atoms with Crippen LogP contribution in [0.5, 0.6) is 0 Å². The van der Waals surface area contributed by atoms with Gasteiger partial charge in [0.2, 0.25) is 0 Å². The third-order valence-corrected chi connectivity index (χ3v) is 9.08. The van der Waals surface area contributed by atoms with Crippen molar-refractivity contribution in [2.75, 3.05) is 13.2 Å². The second-order valence-corrected chi connectivity index (χ2v) is 12.8. The maximum absolute atomic E-state index is 13.3. The largest absolute Gasteiger partial charge is 0.768 e. The zero-order chi connectivity index (χ0) is 24.5. The average molecular weight is 507 g/mol. The Morgan fingerprint density at radius 2 is 1.91 bits per heavy atom. The van der Waals surface area contributed by atoms with Gasteiger partial charge in [-0.2, -0.15) is 0 Å². The zero-order valence-corrected chi connectivity index (χ0v) is 22.3. The molecule has 2 aliphatic rings. The molecule has 34 heavy (non-hydrogen) atoms. The summed E-state index contributed by atoms with van der Waals surface area (Å²) in [6, 6.07) is 2.03. The van der Waals surface area contributed by atoms with Gasteiger partial charge in [-0.1, -0.05) is 52.9 Å². The van der Waals surface area contributed by atoms with Crippen molar-refractivity contribution >= 4 is 28.3 Å². The monoisotopic (exact) mass is 506 g/mol. The first-order valence-electron chi connectivity index (χ1n) is 12.3. The van der Waals surface area contributed by atoms with E-state index in [0.29, 0.717) is 35.5 Å². The van der Waals surface area contributed by atoms with Gasteiger partial charge in [0, 0.05) is 43.0 Å². The van der Waals surface area contributed by atoms with Crippen molar-refractivity contribution in [2.24, 2.45) is 13.0 Å². The molecule has 1 atom stereocenters. The van der Waals surface area contributed by atoms with E-state index in [1.54, 1.807) is 0 Å². The molecule has 2 aromatic rings. The maximum Gasteiger partial charge on any atom is 0.268 e. The summed E-state index contributed by atoms with van der Waals surface area (Å²) in [6.45, 7) is 7.26. The van der Waals surface area contributed by atoms with Crippen LogP contribution in [0, 0.1) is 5.92 Å². The Morgan fingerprint density at radius 1 is 1.24 bits per heavy atom. The molecule has 1 saturated heterocycles. The predicted molar refractivity (Wildman–Crippen MR) is 134 cm³/mol. The molecule has 2 fully saturated rings. The van der Waals surface area contributed by atoms with Gasteiger partial charge in [-0.15, -0.1) is 11.3 Å². The van der Waals surface area contributed by atoms with Gasteiger partial charge < -0.3 is 19.2 Å². The number of thiazole rings is 1. The number of nitrogens with zero attached hydrogens (tertiary/aromatic N) is 2. The summed E-state index contributed by atoms with van der Waals surface area (Å²) < 4.78 is 31.7. The number of amides is 1. The lowest BCUT2D eigenvalue weighted by atomic mass is 9.85. The van der Waals surface area contributed by atoms with E-state index in [2.05, 4.69) is 5.32 Å². The summed E-state index contributed by atoms with van der Waals surface area (Å²) in [6.07, 6.45) is 8.66. The summed E-state index contributed by atoms with van der Waals surface area (Å²) in [5.74, 6) is 0.480. The van der Waals surface area contributed by atoms with Crippen molar-refractivity contribution in [2.45, 2.75) is 87.8 Å². The van der Waals surface area contributed by atoms with Gasteiger partial charge in [0.05, 0.1) is 5.69 Å². The van der Waals surface area contributed by atoms with E-state index >= 15 is 0 Å². The fourth-order valence-corrected chi connectivity index (χ4v) is 7.13. The van der Waals surface area contributed by atoms with Crippen molar-refractivity contribution < 1.29 is 18.3 Å². The van der Waals surface area contributed by atoms with Crippen molar-refractivity contribution in [3.63, 3.8) is 0 Å². The van der Waals surface area contributed by atoms with Gasteiger partial charge in [-0.25, -0.2) is 4.98 Å². The standard InChI is InChI=1S/C25H37N3O4S2/c1-25(2,3)21-24(34(30)31)33-23(27-21)18-15-20(22(29)26-17-10-12-32-13-11-17)28(4)19(18)14-16-8-6-5-7-9-16/h15-17H,5-14H2,1-4H3,(H,26,29)(H,30,31)/p-1. The summed E-state index contributed by atoms with van der Waals surface area (Å²) >= 11 is -1.15. The van der Waals surface area contributed by atoms with Gasteiger partial charge >= 0.3 is 0 Å². The number of aromatic nitrogens is 2. The van der Waals surface area contributed by atoms with Gasteiger partial charge in [0.15, 0.2) is 0 Å². The first-order chi connectivity index (χ1) is 16.1. The number of hydrogen-bond donors (Lipinski definition) is 1. The fraction of sp³-hybridized carbons (Fsp3) is 0.680. The first-order valence-corrected chi connectivity index (χ1v) is 14.2. The fourth-order valence-electron chi connectivity index (χ4n) is 5.07. The molecule has 1 aliphatic heterocycles. The summed E-state index contributed by atoms with van der Waals surface area (Å²) in [5, 5.41) is 3.85. The normalized spacial score (nSPS) is 19.3. The molecule has 2 aromatic heterocycles. The van der Waals surface area contributed by atoms with Gasteiger partial charge in [-0.05, 0) is 42.3 Å². The molecule has 9 heteroatoms. The van der Waals surface area contributed by atoms with Crippen LogP contribution in [-0.4, -0.2) is 43.5 Å². The van der Waals surface area contributed by atoms with E-state index in [-0.39, 0.29) is 16.2 Å². The molecule has 0 radical (unpaired) electrons. The van der Waals surface area contributed by atoms with Crippen molar-refractivity contribution in [1.29, 1.82) is 0 Å². The molecule has 1 unspecified atom stereocenters. The number of hydrogen-bond acceptors (Lipinski definition) is 6. The summed E-state index contributed by atoms with van der Waals surface area (Å²) in [7, 11) is 1.95. The third-order valence-electron chi connectivity index (χ3n) is 7.04. The van der Waals surface area contributed by atoms with Gasteiger partial charge in [0.25, 0.3) is 5.91 Å². The van der Waals surface area contributed by atoms with Crippen LogP contribution in [0.1, 0.15) is 87.6 Å². The Morgan fingerprint density at radius 3 is 2.50 bits per heavy atom. The third kappa shape index (κ3) is 5.64. The second kappa shape index (κ2) is 10.6. The van der Waals surface area contributed by atoms with Crippen molar-refractivity contribution in [1.82, 2.24) is 14.9 Å². The Hall–Kier alpha value is -1.55. The molecule has 1 aliphatic carbocycles. The van der Waals surface area contributed by atoms with Crippen molar-refractivity contribution in [3.8, 4) is 10.6 Å². The number of rotatable bonds is 6. The summed E-state index contributed by atoms with van der Waals surface area (Å²) in [4.78, 5) is 18.1. The topological polar surface area (TPSA) is 96.3 Å². The summed E-state index contributed by atoms with van der Waals surface area (Å²) in [5.41, 5.74) is 2.75. The van der Waals surface area contributed by atoms with Crippen LogP contribution in [0.2, 0.25) is 0 Å². The Kier molecular flexibility index (Phi) is 7.96. The van der Waals surface area contributed by atoms with Crippen LogP contribution in [0.25, 0.3) is 10.6 Å². The molecule has 1 amide bonds. The van der Waals surface area contributed by atoms with E-state index in [4.69, 9.17) is 9.72 Å². The molecule has 1 saturated carbocycles. The molecule has 3 heterocycles. The van der Waals surface area contributed by atoms with E-state index < -0.39 is 16.5 Å². The number of nitrogens with one attached hydrogen (secondary N) is 1. The highest BCUT2D eigenvalue weighted by Gasteiger charge is 2.29. The van der Waals surface area contributed by atoms with E-state index in [1.807, 2.05) is 38.5 Å². The highest BCUT2D eigenvalue weighted by molar-refractivity contribution is 7.81. The molecular formula is C25H36N3O4S2-. The van der Waals surface area contributed by atoms with Crippen molar-refractivity contribution in [3.05, 3.63) is 23.1 Å². The Balaban J connectivity index is 1.73. The lowest BCUT2D eigenvalue weighted by molar-refractivity contribution is 0.0692. The molecule has 188 valence electrons. The van der Waals surface area contributed by atoms with Crippen LogP contribution in [0.15, 0.2) is 10.3 Å². The molecule has 7 nitrogen and oxygen atoms in total. The molecule has 0 bridgehead atoms. The Bertz CT molecular complexity index is 1040. The van der Waals surface area contributed by atoms with E-state index in [0.717, 1.165) is 30.5 Å². The minimum absolute atomic E-state index is 0.0919. The minimum atomic E-state index is -2.36. The quantitative estimate of drug-likeness (QED) is 0.572. The van der Waals surface area contributed by atoms with Crippen LogP contribution in [0.3, 0.4) is 0 Å². The smallest absolute Gasteiger partial charge is 0.268 e. The van der Waals surface area contributed by atoms with E-state index in [9.17, 15) is 13.6 Å². The zero-order valence-electron chi connectivity index (χ0n) is 20.6. The van der Waals surface area contributed by atoms with Crippen LogP contribution in [-0.2, 0) is 34.7 Å². The SMILES string of the molecule is Cn1c(C(=O)NC2CCOCC2)cc(-c2nc(C(C)(C)C)c(S(=O)[O-])s2)c1CC1CCCCC1. The number of carbonyl (C=O) groups is 1. The molecule has 1 N–H and O–H groups in total.